The molecule has 0 fully saturated rings. The van der Waals surface area contributed by atoms with Gasteiger partial charge >= 0.3 is 5.97 Å². The third-order valence-corrected chi connectivity index (χ3v) is 5.72. The first-order chi connectivity index (χ1) is 12.8. The molecule has 3 aromatic carbocycles. The van der Waals surface area contributed by atoms with Crippen molar-refractivity contribution in [1.82, 2.24) is 0 Å². The maximum absolute atomic E-state index is 12.7. The van der Waals surface area contributed by atoms with Crippen molar-refractivity contribution in [2.75, 3.05) is 7.11 Å². The molecule has 3 heteroatoms. The van der Waals surface area contributed by atoms with Crippen LogP contribution in [0.15, 0.2) is 91.0 Å². The van der Waals surface area contributed by atoms with Crippen LogP contribution in [0.5, 0.6) is 0 Å². The van der Waals surface area contributed by atoms with Gasteiger partial charge in [-0.1, -0.05) is 91.0 Å². The fourth-order valence-electron chi connectivity index (χ4n) is 3.01. The average Bonchev–Trinajstić information content (AvgIpc) is 2.72. The molecule has 0 saturated carbocycles. The molecule has 3 rings (SSSR count). The number of ether oxygens (including phenoxy) is 1. The Morgan fingerprint density at radius 2 is 1.31 bits per heavy atom. The number of rotatable bonds is 7. The minimum atomic E-state index is -0.350. The summed E-state index contributed by atoms with van der Waals surface area (Å²) >= 11 is 1.77. The fourth-order valence-corrected chi connectivity index (χ4v) is 4.38. The Kier molecular flexibility index (Phi) is 6.50. The van der Waals surface area contributed by atoms with Crippen LogP contribution in [0.2, 0.25) is 0 Å². The van der Waals surface area contributed by atoms with Gasteiger partial charge in [-0.05, 0) is 16.7 Å². The highest BCUT2D eigenvalue weighted by molar-refractivity contribution is 7.98. The van der Waals surface area contributed by atoms with Gasteiger partial charge in [0.15, 0.2) is 0 Å². The van der Waals surface area contributed by atoms with Crippen LogP contribution >= 0.6 is 11.8 Å². The molecule has 0 aliphatic heterocycles. The normalized spacial score (nSPS) is 13.0. The van der Waals surface area contributed by atoms with Gasteiger partial charge in [-0.15, -0.1) is 11.8 Å². The van der Waals surface area contributed by atoms with Gasteiger partial charge in [-0.3, -0.25) is 4.79 Å². The molecule has 0 unspecified atom stereocenters. The number of thioether (sulfide) groups is 1. The van der Waals surface area contributed by atoms with E-state index in [1.807, 2.05) is 66.7 Å². The van der Waals surface area contributed by atoms with Gasteiger partial charge < -0.3 is 4.74 Å². The summed E-state index contributed by atoms with van der Waals surface area (Å²) in [5, 5.41) is -0.0220. The smallest absolute Gasteiger partial charge is 0.314 e. The van der Waals surface area contributed by atoms with E-state index in [0.29, 0.717) is 0 Å². The zero-order valence-corrected chi connectivity index (χ0v) is 15.6. The van der Waals surface area contributed by atoms with Crippen LogP contribution in [0.3, 0.4) is 0 Å². The van der Waals surface area contributed by atoms with E-state index in [9.17, 15) is 4.79 Å². The zero-order chi connectivity index (χ0) is 18.2. The Morgan fingerprint density at radius 1 is 0.808 bits per heavy atom. The van der Waals surface area contributed by atoms with E-state index in [1.165, 1.54) is 12.7 Å². The van der Waals surface area contributed by atoms with E-state index < -0.39 is 0 Å². The van der Waals surface area contributed by atoms with Crippen molar-refractivity contribution in [1.29, 1.82) is 0 Å². The monoisotopic (exact) mass is 362 g/mol. The predicted octanol–water partition coefficient (Wildman–Crippen LogP) is 5.62. The van der Waals surface area contributed by atoms with E-state index in [0.717, 1.165) is 16.9 Å². The lowest BCUT2D eigenvalue weighted by Crippen LogP contribution is -2.20. The largest absolute Gasteiger partial charge is 0.469 e. The van der Waals surface area contributed by atoms with Crippen LogP contribution in [-0.4, -0.2) is 13.1 Å². The number of methoxy groups -OCH3 is 1. The van der Waals surface area contributed by atoms with Gasteiger partial charge in [0.25, 0.3) is 0 Å². The average molecular weight is 362 g/mol. The van der Waals surface area contributed by atoms with Gasteiger partial charge in [-0.2, -0.15) is 0 Å². The quantitative estimate of drug-likeness (QED) is 0.510. The first kappa shape index (κ1) is 18.3. The molecule has 0 aromatic heterocycles. The standard InChI is InChI=1S/C23H22O2S/c1-25-23(24)21(19-13-7-3-8-14-19)22(20-15-9-4-10-16-20)26-17-18-11-5-2-6-12-18/h2-16,21-22H,17H2,1H3/t21-,22+/m1/s1. The summed E-state index contributed by atoms with van der Waals surface area (Å²) in [4.78, 5) is 12.7. The van der Waals surface area contributed by atoms with Crippen LogP contribution in [0.25, 0.3) is 0 Å². The highest BCUT2D eigenvalue weighted by atomic mass is 32.2. The van der Waals surface area contributed by atoms with Gasteiger partial charge in [-0.25, -0.2) is 0 Å². The summed E-state index contributed by atoms with van der Waals surface area (Å²) in [6, 6.07) is 30.4. The van der Waals surface area contributed by atoms with Crippen molar-refractivity contribution in [3.63, 3.8) is 0 Å². The summed E-state index contributed by atoms with van der Waals surface area (Å²) < 4.78 is 5.17. The zero-order valence-electron chi connectivity index (χ0n) is 14.7. The van der Waals surface area contributed by atoms with Gasteiger partial charge in [0.05, 0.1) is 13.0 Å². The number of hydrogen-bond acceptors (Lipinski definition) is 3. The highest BCUT2D eigenvalue weighted by Gasteiger charge is 2.32. The number of esters is 1. The van der Waals surface area contributed by atoms with Crippen molar-refractivity contribution in [2.24, 2.45) is 0 Å². The number of carbonyl (C=O) groups excluding carboxylic acids is 1. The molecular formula is C23H22O2S. The summed E-state index contributed by atoms with van der Waals surface area (Å²) in [6.07, 6.45) is 0. The summed E-state index contributed by atoms with van der Waals surface area (Å²) in [7, 11) is 1.46. The van der Waals surface area contributed by atoms with E-state index >= 15 is 0 Å². The SMILES string of the molecule is COC(=O)[C@H](c1ccccc1)[C@@H](SCc1ccccc1)c1ccccc1. The van der Waals surface area contributed by atoms with Crippen LogP contribution in [0.4, 0.5) is 0 Å². The molecule has 0 aliphatic rings. The Labute approximate surface area is 159 Å². The second-order valence-electron chi connectivity index (χ2n) is 6.04. The molecule has 2 nitrogen and oxygen atoms in total. The van der Waals surface area contributed by atoms with Crippen molar-refractivity contribution in [3.8, 4) is 0 Å². The molecule has 0 saturated heterocycles. The Morgan fingerprint density at radius 3 is 1.85 bits per heavy atom. The predicted molar refractivity (Wildman–Crippen MR) is 108 cm³/mol. The molecule has 3 aromatic rings. The molecular weight excluding hydrogens is 340 g/mol. The van der Waals surface area contributed by atoms with Crippen molar-refractivity contribution in [3.05, 3.63) is 108 Å². The van der Waals surface area contributed by atoms with Crippen LogP contribution in [-0.2, 0) is 15.3 Å². The summed E-state index contributed by atoms with van der Waals surface area (Å²) in [6.45, 7) is 0. The lowest BCUT2D eigenvalue weighted by atomic mass is 9.91. The van der Waals surface area contributed by atoms with E-state index in [-0.39, 0.29) is 17.1 Å². The topological polar surface area (TPSA) is 26.3 Å². The minimum absolute atomic E-state index is 0.0220. The molecule has 0 spiro atoms. The summed E-state index contributed by atoms with van der Waals surface area (Å²) in [5.74, 6) is 0.281. The molecule has 0 amide bonds. The Balaban J connectivity index is 1.95. The first-order valence-corrected chi connectivity index (χ1v) is 9.67. The molecule has 0 N–H and O–H groups in total. The second-order valence-corrected chi connectivity index (χ2v) is 7.17. The maximum atomic E-state index is 12.7. The molecule has 0 radical (unpaired) electrons. The second kappa shape index (κ2) is 9.25. The number of benzene rings is 3. The van der Waals surface area contributed by atoms with Crippen LogP contribution in [0, 0.1) is 0 Å². The third-order valence-electron chi connectivity index (χ3n) is 4.32. The Hall–Kier alpha value is -2.52. The lowest BCUT2D eigenvalue weighted by Gasteiger charge is -2.26. The molecule has 2 atom stereocenters. The van der Waals surface area contributed by atoms with Crippen LogP contribution in [0.1, 0.15) is 27.9 Å². The lowest BCUT2D eigenvalue weighted by molar-refractivity contribution is -0.142. The molecule has 26 heavy (non-hydrogen) atoms. The van der Waals surface area contributed by atoms with Crippen molar-refractivity contribution in [2.45, 2.75) is 16.9 Å². The van der Waals surface area contributed by atoms with Crippen molar-refractivity contribution < 1.29 is 9.53 Å². The minimum Gasteiger partial charge on any atom is -0.469 e. The molecule has 132 valence electrons. The number of carbonyl (C=O) groups is 1. The number of hydrogen-bond donors (Lipinski definition) is 0. The van der Waals surface area contributed by atoms with Crippen LogP contribution < -0.4 is 0 Å². The Bertz CT molecular complexity index is 803. The fraction of sp³-hybridized carbons (Fsp3) is 0.174. The van der Waals surface area contributed by atoms with E-state index in [2.05, 4.69) is 24.3 Å². The van der Waals surface area contributed by atoms with E-state index in [4.69, 9.17) is 4.74 Å². The molecule has 0 aliphatic carbocycles. The highest BCUT2D eigenvalue weighted by Crippen LogP contribution is 2.43. The summed E-state index contributed by atoms with van der Waals surface area (Å²) in [5.41, 5.74) is 3.36. The maximum Gasteiger partial charge on any atom is 0.314 e. The van der Waals surface area contributed by atoms with E-state index in [1.54, 1.807) is 11.8 Å². The van der Waals surface area contributed by atoms with Gasteiger partial charge in [0, 0.05) is 11.0 Å². The first-order valence-electron chi connectivity index (χ1n) is 8.63. The molecule has 0 heterocycles. The van der Waals surface area contributed by atoms with Gasteiger partial charge in [0.1, 0.15) is 0 Å². The van der Waals surface area contributed by atoms with Crippen molar-refractivity contribution >= 4 is 17.7 Å². The molecule has 0 bridgehead atoms. The van der Waals surface area contributed by atoms with Gasteiger partial charge in [0.2, 0.25) is 0 Å². The third kappa shape index (κ3) is 4.55.